The molecule has 0 aliphatic carbocycles. The molecule has 3 aromatic carbocycles. The van der Waals surface area contributed by atoms with Crippen LogP contribution in [0.4, 0.5) is 5.13 Å². The van der Waals surface area contributed by atoms with Gasteiger partial charge in [0.25, 0.3) is 0 Å². The standard InChI is InChI=1S/C23H21N3O3S2/c27-22(14-16-7-8-17-5-1-2-6-18(17)13-16)25-23-24-20-10-9-19(15-21(20)30-23)31(28,29)26-11-3-4-12-26/h1-2,5-10,13,15H,3-4,11-12,14H2,(H,24,25,27). The van der Waals surface area contributed by atoms with Crippen molar-refractivity contribution in [3.05, 3.63) is 66.2 Å². The van der Waals surface area contributed by atoms with Gasteiger partial charge in [0.15, 0.2) is 5.13 Å². The van der Waals surface area contributed by atoms with Gasteiger partial charge in [-0.2, -0.15) is 4.31 Å². The first-order valence-corrected chi connectivity index (χ1v) is 12.4. The predicted molar refractivity (Wildman–Crippen MR) is 124 cm³/mol. The average molecular weight is 452 g/mol. The molecule has 158 valence electrons. The molecule has 1 fully saturated rings. The maximum Gasteiger partial charge on any atom is 0.243 e. The monoisotopic (exact) mass is 451 g/mol. The van der Waals surface area contributed by atoms with Gasteiger partial charge in [-0.15, -0.1) is 0 Å². The van der Waals surface area contributed by atoms with Crippen LogP contribution in [0.3, 0.4) is 0 Å². The second-order valence-electron chi connectivity index (χ2n) is 7.67. The summed E-state index contributed by atoms with van der Waals surface area (Å²) in [4.78, 5) is 17.3. The van der Waals surface area contributed by atoms with Crippen LogP contribution >= 0.6 is 11.3 Å². The molecule has 1 aromatic heterocycles. The lowest BCUT2D eigenvalue weighted by atomic mass is 10.1. The Labute approximate surface area is 184 Å². The number of fused-ring (bicyclic) bond motifs is 2. The molecule has 1 aliphatic heterocycles. The van der Waals surface area contributed by atoms with Crippen molar-refractivity contribution in [2.75, 3.05) is 18.4 Å². The highest BCUT2D eigenvalue weighted by atomic mass is 32.2. The first-order chi connectivity index (χ1) is 15.0. The van der Waals surface area contributed by atoms with Crippen LogP contribution in [0.2, 0.25) is 0 Å². The van der Waals surface area contributed by atoms with E-state index >= 15 is 0 Å². The Morgan fingerprint density at radius 3 is 2.58 bits per heavy atom. The van der Waals surface area contributed by atoms with Crippen LogP contribution in [0.1, 0.15) is 18.4 Å². The number of carbonyl (C=O) groups is 1. The third-order valence-electron chi connectivity index (χ3n) is 5.49. The number of nitrogens with one attached hydrogen (secondary N) is 1. The summed E-state index contributed by atoms with van der Waals surface area (Å²) in [6.07, 6.45) is 2.04. The molecular formula is C23H21N3O3S2. The fourth-order valence-electron chi connectivity index (χ4n) is 3.89. The molecule has 1 saturated heterocycles. The van der Waals surface area contributed by atoms with Gasteiger partial charge in [0, 0.05) is 13.1 Å². The van der Waals surface area contributed by atoms with E-state index in [9.17, 15) is 13.2 Å². The Morgan fingerprint density at radius 2 is 1.77 bits per heavy atom. The first kappa shape index (κ1) is 20.1. The summed E-state index contributed by atoms with van der Waals surface area (Å²) in [6.45, 7) is 1.14. The number of rotatable bonds is 5. The zero-order valence-corrected chi connectivity index (χ0v) is 18.4. The summed E-state index contributed by atoms with van der Waals surface area (Å²) in [5, 5.41) is 5.55. The van der Waals surface area contributed by atoms with E-state index in [1.54, 1.807) is 18.2 Å². The molecule has 0 radical (unpaired) electrons. The third kappa shape index (κ3) is 4.06. The molecule has 31 heavy (non-hydrogen) atoms. The van der Waals surface area contributed by atoms with Crippen LogP contribution < -0.4 is 5.32 Å². The van der Waals surface area contributed by atoms with E-state index in [-0.39, 0.29) is 17.2 Å². The number of nitrogens with zero attached hydrogens (tertiary/aromatic N) is 2. The summed E-state index contributed by atoms with van der Waals surface area (Å²) >= 11 is 1.29. The highest BCUT2D eigenvalue weighted by Gasteiger charge is 2.27. The smallest absolute Gasteiger partial charge is 0.243 e. The van der Waals surface area contributed by atoms with E-state index in [2.05, 4.69) is 10.3 Å². The van der Waals surface area contributed by atoms with E-state index < -0.39 is 10.0 Å². The van der Waals surface area contributed by atoms with Crippen molar-refractivity contribution in [2.24, 2.45) is 0 Å². The molecule has 1 amide bonds. The van der Waals surface area contributed by atoms with Gasteiger partial charge >= 0.3 is 0 Å². The van der Waals surface area contributed by atoms with E-state index in [1.807, 2.05) is 42.5 Å². The Hall–Kier alpha value is -2.81. The largest absolute Gasteiger partial charge is 0.302 e. The minimum absolute atomic E-state index is 0.153. The van der Waals surface area contributed by atoms with Crippen LogP contribution in [0.5, 0.6) is 0 Å². The first-order valence-electron chi connectivity index (χ1n) is 10.2. The number of anilines is 1. The highest BCUT2D eigenvalue weighted by molar-refractivity contribution is 7.89. The summed E-state index contributed by atoms with van der Waals surface area (Å²) in [5.74, 6) is -0.153. The number of amides is 1. The van der Waals surface area contributed by atoms with Crippen LogP contribution in [-0.4, -0.2) is 36.7 Å². The van der Waals surface area contributed by atoms with Crippen molar-refractivity contribution in [1.82, 2.24) is 9.29 Å². The van der Waals surface area contributed by atoms with Gasteiger partial charge in [0.1, 0.15) is 0 Å². The van der Waals surface area contributed by atoms with Crippen molar-refractivity contribution in [3.8, 4) is 0 Å². The van der Waals surface area contributed by atoms with Gasteiger partial charge in [-0.05, 0) is 47.4 Å². The summed E-state index contributed by atoms with van der Waals surface area (Å²) in [5.41, 5.74) is 1.60. The van der Waals surface area contributed by atoms with Crippen molar-refractivity contribution in [2.45, 2.75) is 24.2 Å². The molecule has 5 rings (SSSR count). The Bertz CT molecular complexity index is 1390. The van der Waals surface area contributed by atoms with E-state index in [1.165, 1.54) is 15.6 Å². The number of sulfonamides is 1. The van der Waals surface area contributed by atoms with Crippen molar-refractivity contribution < 1.29 is 13.2 Å². The fraction of sp³-hybridized carbons (Fsp3) is 0.217. The minimum Gasteiger partial charge on any atom is -0.302 e. The lowest BCUT2D eigenvalue weighted by Gasteiger charge is -2.15. The molecule has 0 spiro atoms. The zero-order chi connectivity index (χ0) is 21.4. The normalized spacial score (nSPS) is 15.0. The highest BCUT2D eigenvalue weighted by Crippen LogP contribution is 2.30. The molecule has 2 heterocycles. The maximum absolute atomic E-state index is 12.8. The molecular weight excluding hydrogens is 430 g/mol. The average Bonchev–Trinajstić information content (AvgIpc) is 3.43. The number of aromatic nitrogens is 1. The zero-order valence-electron chi connectivity index (χ0n) is 16.7. The van der Waals surface area contributed by atoms with Crippen LogP contribution in [0, 0.1) is 0 Å². The number of hydrogen-bond donors (Lipinski definition) is 1. The number of carbonyl (C=O) groups excluding carboxylic acids is 1. The SMILES string of the molecule is O=C(Cc1ccc2ccccc2c1)Nc1nc2ccc(S(=O)(=O)N3CCCC3)cc2s1. The molecule has 0 unspecified atom stereocenters. The summed E-state index contributed by atoms with van der Waals surface area (Å²) < 4.78 is 27.9. The molecule has 8 heteroatoms. The topological polar surface area (TPSA) is 79.4 Å². The van der Waals surface area contributed by atoms with Gasteiger partial charge in [0.05, 0.1) is 21.5 Å². The minimum atomic E-state index is -3.48. The third-order valence-corrected chi connectivity index (χ3v) is 8.32. The molecule has 6 nitrogen and oxygen atoms in total. The summed E-state index contributed by atoms with van der Waals surface area (Å²) in [6, 6.07) is 19.0. The fourth-order valence-corrected chi connectivity index (χ4v) is 6.43. The second kappa shape index (κ2) is 8.03. The number of hydrogen-bond acceptors (Lipinski definition) is 5. The molecule has 0 atom stereocenters. The number of thiazole rings is 1. The van der Waals surface area contributed by atoms with E-state index in [0.717, 1.165) is 33.9 Å². The summed E-state index contributed by atoms with van der Waals surface area (Å²) in [7, 11) is -3.48. The molecule has 0 saturated carbocycles. The molecule has 0 bridgehead atoms. The van der Waals surface area contributed by atoms with Crippen molar-refractivity contribution in [1.29, 1.82) is 0 Å². The quantitative estimate of drug-likeness (QED) is 0.487. The van der Waals surface area contributed by atoms with Crippen LogP contribution in [0.25, 0.3) is 21.0 Å². The van der Waals surface area contributed by atoms with Gasteiger partial charge in [-0.3, -0.25) is 4.79 Å². The van der Waals surface area contributed by atoms with Crippen molar-refractivity contribution >= 4 is 53.4 Å². The maximum atomic E-state index is 12.8. The van der Waals surface area contributed by atoms with Gasteiger partial charge < -0.3 is 5.32 Å². The van der Waals surface area contributed by atoms with Gasteiger partial charge in [-0.1, -0.05) is 53.8 Å². The molecule has 1 aliphatic rings. The lowest BCUT2D eigenvalue weighted by molar-refractivity contribution is -0.115. The lowest BCUT2D eigenvalue weighted by Crippen LogP contribution is -2.27. The van der Waals surface area contributed by atoms with Crippen LogP contribution in [-0.2, 0) is 21.2 Å². The van der Waals surface area contributed by atoms with Gasteiger partial charge in [-0.25, -0.2) is 13.4 Å². The van der Waals surface area contributed by atoms with E-state index in [4.69, 9.17) is 0 Å². The molecule has 4 aromatic rings. The second-order valence-corrected chi connectivity index (χ2v) is 10.6. The van der Waals surface area contributed by atoms with E-state index in [0.29, 0.717) is 23.7 Å². The number of benzene rings is 3. The van der Waals surface area contributed by atoms with Crippen molar-refractivity contribution in [3.63, 3.8) is 0 Å². The van der Waals surface area contributed by atoms with Crippen LogP contribution in [0.15, 0.2) is 65.6 Å². The Morgan fingerprint density at radius 1 is 1.00 bits per heavy atom. The Balaban J connectivity index is 1.33. The van der Waals surface area contributed by atoms with Gasteiger partial charge in [0.2, 0.25) is 15.9 Å². The molecule has 1 N–H and O–H groups in total. The Kier molecular flexibility index (Phi) is 5.21. The predicted octanol–water partition coefficient (Wildman–Crippen LogP) is 4.42.